The number of nitrogens with one attached hydrogen (secondary N) is 1. The van der Waals surface area contributed by atoms with E-state index < -0.39 is 11.9 Å². The predicted molar refractivity (Wildman–Crippen MR) is 90.8 cm³/mol. The molecule has 0 fully saturated rings. The summed E-state index contributed by atoms with van der Waals surface area (Å²) < 4.78 is 5.84. The van der Waals surface area contributed by atoms with Crippen molar-refractivity contribution in [3.8, 4) is 5.75 Å². The molecular weight excluding hydrogens is 324 g/mol. The molecule has 1 aliphatic carbocycles. The molecular formula is C18H22N2O5. The van der Waals surface area contributed by atoms with Crippen LogP contribution in [0.2, 0.25) is 0 Å². The molecule has 1 heterocycles. The SMILES string of the molecule is O=C(O)C(=O)O.c1ncc(CCCOc2ccc3c(c2)CCCC3)[nH]1. The van der Waals surface area contributed by atoms with E-state index in [1.807, 2.05) is 6.20 Å². The van der Waals surface area contributed by atoms with Crippen LogP contribution < -0.4 is 4.74 Å². The van der Waals surface area contributed by atoms with Gasteiger partial charge in [-0.1, -0.05) is 6.07 Å². The third kappa shape index (κ3) is 6.29. The number of nitrogens with zero attached hydrogens (tertiary/aromatic N) is 1. The summed E-state index contributed by atoms with van der Waals surface area (Å²) in [6.45, 7) is 0.762. The Morgan fingerprint density at radius 1 is 1.12 bits per heavy atom. The molecule has 0 atom stereocenters. The molecule has 3 N–H and O–H groups in total. The van der Waals surface area contributed by atoms with E-state index in [1.54, 1.807) is 6.33 Å². The first kappa shape index (κ1) is 18.5. The van der Waals surface area contributed by atoms with Gasteiger partial charge in [0.15, 0.2) is 0 Å². The lowest BCUT2D eigenvalue weighted by atomic mass is 9.92. The summed E-state index contributed by atoms with van der Waals surface area (Å²) in [7, 11) is 0. The van der Waals surface area contributed by atoms with Crippen LogP contribution in [0, 0.1) is 0 Å². The van der Waals surface area contributed by atoms with Gasteiger partial charge in [-0.3, -0.25) is 0 Å². The molecule has 0 aliphatic heterocycles. The van der Waals surface area contributed by atoms with Crippen molar-refractivity contribution in [2.24, 2.45) is 0 Å². The standard InChI is InChI=1S/C16H20N2O.C2H2O4/c1-2-5-14-10-16(8-7-13(14)4-1)19-9-3-6-15-11-17-12-18-15;3-1(4)2(5)6/h7-8,10-12H,1-6,9H2,(H,17,18);(H,3,4)(H,5,6). The summed E-state index contributed by atoms with van der Waals surface area (Å²) in [6, 6.07) is 6.57. The van der Waals surface area contributed by atoms with Crippen LogP contribution in [0.4, 0.5) is 0 Å². The average Bonchev–Trinajstić information content (AvgIpc) is 3.12. The minimum absolute atomic E-state index is 0.762. The topological polar surface area (TPSA) is 113 Å². The molecule has 3 rings (SSSR count). The highest BCUT2D eigenvalue weighted by Crippen LogP contribution is 2.25. The number of aliphatic carboxylic acids is 2. The quantitative estimate of drug-likeness (QED) is 0.566. The fourth-order valence-corrected chi connectivity index (χ4v) is 2.67. The van der Waals surface area contributed by atoms with Crippen molar-refractivity contribution < 1.29 is 24.5 Å². The third-order valence-electron chi connectivity index (χ3n) is 3.92. The Bertz CT molecular complexity index is 685. The molecule has 0 unspecified atom stereocenters. The molecule has 1 aliphatic rings. The van der Waals surface area contributed by atoms with Gasteiger partial charge in [0.25, 0.3) is 0 Å². The van der Waals surface area contributed by atoms with Crippen molar-refractivity contribution in [1.82, 2.24) is 9.97 Å². The number of ether oxygens (including phenoxy) is 1. The van der Waals surface area contributed by atoms with Gasteiger partial charge >= 0.3 is 11.9 Å². The van der Waals surface area contributed by atoms with Crippen LogP contribution in [0.3, 0.4) is 0 Å². The first-order chi connectivity index (χ1) is 12.1. The molecule has 134 valence electrons. The molecule has 2 aromatic rings. The number of carboxylic acids is 2. The Morgan fingerprint density at radius 2 is 1.84 bits per heavy atom. The van der Waals surface area contributed by atoms with E-state index in [0.717, 1.165) is 25.2 Å². The predicted octanol–water partition coefficient (Wildman–Crippen LogP) is 2.46. The number of hydrogen-bond acceptors (Lipinski definition) is 4. The second-order valence-corrected chi connectivity index (χ2v) is 5.78. The van der Waals surface area contributed by atoms with Crippen molar-refractivity contribution in [3.63, 3.8) is 0 Å². The maximum absolute atomic E-state index is 9.10. The van der Waals surface area contributed by atoms with Gasteiger partial charge in [0.05, 0.1) is 12.9 Å². The molecule has 1 aromatic heterocycles. The lowest BCUT2D eigenvalue weighted by Gasteiger charge is -2.16. The number of benzene rings is 1. The molecule has 0 bridgehead atoms. The van der Waals surface area contributed by atoms with E-state index in [2.05, 4.69) is 28.2 Å². The molecule has 0 spiro atoms. The minimum atomic E-state index is -1.82. The van der Waals surface area contributed by atoms with Crippen molar-refractivity contribution >= 4 is 11.9 Å². The van der Waals surface area contributed by atoms with Gasteiger partial charge in [-0.05, 0) is 61.8 Å². The summed E-state index contributed by atoms with van der Waals surface area (Å²) in [4.78, 5) is 25.3. The van der Waals surface area contributed by atoms with E-state index in [0.29, 0.717) is 0 Å². The number of carbonyl (C=O) groups is 2. The van der Waals surface area contributed by atoms with Gasteiger partial charge < -0.3 is 19.9 Å². The number of imidazole rings is 1. The smallest absolute Gasteiger partial charge is 0.414 e. The fourth-order valence-electron chi connectivity index (χ4n) is 2.67. The highest BCUT2D eigenvalue weighted by molar-refractivity contribution is 6.27. The highest BCUT2D eigenvalue weighted by Gasteiger charge is 2.09. The van der Waals surface area contributed by atoms with Gasteiger partial charge in [0, 0.05) is 11.9 Å². The first-order valence-electron chi connectivity index (χ1n) is 8.24. The zero-order valence-electron chi connectivity index (χ0n) is 13.9. The molecule has 0 amide bonds. The Morgan fingerprint density at radius 3 is 2.48 bits per heavy atom. The number of aromatic amines is 1. The summed E-state index contributed by atoms with van der Waals surface area (Å²) in [5, 5.41) is 14.8. The molecule has 0 saturated carbocycles. The van der Waals surface area contributed by atoms with Crippen LogP contribution in [-0.2, 0) is 28.9 Å². The van der Waals surface area contributed by atoms with E-state index in [4.69, 9.17) is 24.5 Å². The molecule has 7 nitrogen and oxygen atoms in total. The fraction of sp³-hybridized carbons (Fsp3) is 0.389. The Kier molecular flexibility index (Phi) is 7.00. The number of aryl methyl sites for hydroxylation is 3. The monoisotopic (exact) mass is 346 g/mol. The number of hydrogen-bond donors (Lipinski definition) is 3. The van der Waals surface area contributed by atoms with E-state index in [9.17, 15) is 0 Å². The van der Waals surface area contributed by atoms with Crippen molar-refractivity contribution in [2.75, 3.05) is 6.61 Å². The number of carboxylic acid groups (broad SMARTS) is 2. The van der Waals surface area contributed by atoms with E-state index in [-0.39, 0.29) is 0 Å². The first-order valence-corrected chi connectivity index (χ1v) is 8.24. The highest BCUT2D eigenvalue weighted by atomic mass is 16.5. The maximum atomic E-state index is 9.10. The van der Waals surface area contributed by atoms with Gasteiger partial charge in [0.1, 0.15) is 5.75 Å². The average molecular weight is 346 g/mol. The third-order valence-corrected chi connectivity index (χ3v) is 3.92. The zero-order chi connectivity index (χ0) is 18.1. The second-order valence-electron chi connectivity index (χ2n) is 5.78. The minimum Gasteiger partial charge on any atom is -0.494 e. The van der Waals surface area contributed by atoms with Crippen LogP contribution in [0.15, 0.2) is 30.7 Å². The Labute approximate surface area is 145 Å². The van der Waals surface area contributed by atoms with Gasteiger partial charge in [-0.2, -0.15) is 0 Å². The lowest BCUT2D eigenvalue weighted by molar-refractivity contribution is -0.159. The molecule has 7 heteroatoms. The number of H-pyrrole nitrogens is 1. The number of fused-ring (bicyclic) bond motifs is 1. The van der Waals surface area contributed by atoms with Gasteiger partial charge in [-0.15, -0.1) is 0 Å². The maximum Gasteiger partial charge on any atom is 0.414 e. The van der Waals surface area contributed by atoms with Gasteiger partial charge in [-0.25, -0.2) is 14.6 Å². The normalized spacial score (nSPS) is 12.5. The van der Waals surface area contributed by atoms with Crippen LogP contribution >= 0.6 is 0 Å². The van der Waals surface area contributed by atoms with Crippen molar-refractivity contribution in [2.45, 2.75) is 38.5 Å². The van der Waals surface area contributed by atoms with Gasteiger partial charge in [0.2, 0.25) is 0 Å². The van der Waals surface area contributed by atoms with E-state index in [1.165, 1.54) is 42.5 Å². The lowest BCUT2D eigenvalue weighted by Crippen LogP contribution is -2.09. The molecule has 0 saturated heterocycles. The second kappa shape index (κ2) is 9.46. The zero-order valence-corrected chi connectivity index (χ0v) is 13.9. The largest absolute Gasteiger partial charge is 0.494 e. The van der Waals surface area contributed by atoms with Crippen LogP contribution in [0.5, 0.6) is 5.75 Å². The Hall–Kier alpha value is -2.83. The molecule has 1 aromatic carbocycles. The van der Waals surface area contributed by atoms with Crippen molar-refractivity contribution in [3.05, 3.63) is 47.5 Å². The number of rotatable bonds is 5. The molecule has 25 heavy (non-hydrogen) atoms. The van der Waals surface area contributed by atoms with E-state index >= 15 is 0 Å². The van der Waals surface area contributed by atoms with Crippen LogP contribution in [-0.4, -0.2) is 38.7 Å². The van der Waals surface area contributed by atoms with Crippen LogP contribution in [0.1, 0.15) is 36.1 Å². The number of aromatic nitrogens is 2. The molecule has 0 radical (unpaired) electrons. The summed E-state index contributed by atoms with van der Waals surface area (Å²) in [5.74, 6) is -2.63. The summed E-state index contributed by atoms with van der Waals surface area (Å²) >= 11 is 0. The Balaban J connectivity index is 0.000000326. The summed E-state index contributed by atoms with van der Waals surface area (Å²) in [5.41, 5.74) is 4.17. The van der Waals surface area contributed by atoms with Crippen LogP contribution in [0.25, 0.3) is 0 Å². The van der Waals surface area contributed by atoms with Crippen molar-refractivity contribution in [1.29, 1.82) is 0 Å². The summed E-state index contributed by atoms with van der Waals surface area (Å²) in [6.07, 6.45) is 10.7.